The van der Waals surface area contributed by atoms with Gasteiger partial charge in [-0.2, -0.15) is 0 Å². The van der Waals surface area contributed by atoms with Crippen LogP contribution in [0, 0.1) is 0 Å². The van der Waals surface area contributed by atoms with Crippen molar-refractivity contribution in [1.82, 2.24) is 5.32 Å². The maximum absolute atomic E-state index is 11.5. The van der Waals surface area contributed by atoms with E-state index in [1.54, 1.807) is 0 Å². The van der Waals surface area contributed by atoms with E-state index >= 15 is 0 Å². The van der Waals surface area contributed by atoms with Crippen molar-refractivity contribution in [1.29, 1.82) is 0 Å². The smallest absolute Gasteiger partial charge is 0.257 e. The van der Waals surface area contributed by atoms with Crippen LogP contribution in [0.3, 0.4) is 0 Å². The molecule has 1 atom stereocenters. The number of rotatable bonds is 8. The number of amides is 1. The molecule has 1 unspecified atom stereocenters. The lowest BCUT2D eigenvalue weighted by Gasteiger charge is -2.11. The Morgan fingerprint density at radius 1 is 1.32 bits per heavy atom. The van der Waals surface area contributed by atoms with Crippen LogP contribution < -0.4 is 15.8 Å². The summed E-state index contributed by atoms with van der Waals surface area (Å²) in [7, 11) is 0. The molecule has 0 aliphatic heterocycles. The highest BCUT2D eigenvalue weighted by Gasteiger charge is 2.04. The fourth-order valence-electron chi connectivity index (χ4n) is 1.65. The molecule has 106 valence electrons. The van der Waals surface area contributed by atoms with Gasteiger partial charge in [0.25, 0.3) is 5.91 Å². The lowest BCUT2D eigenvalue weighted by Crippen LogP contribution is -2.29. The molecule has 0 saturated heterocycles. The van der Waals surface area contributed by atoms with Crippen LogP contribution >= 0.6 is 0 Å². The summed E-state index contributed by atoms with van der Waals surface area (Å²) < 4.78 is 5.41. The first-order chi connectivity index (χ1) is 9.17. The SMILES string of the molecule is CCCCNC(=O)COc1ccc(C(N)CC)cc1. The number of unbranched alkanes of at least 4 members (excludes halogenated alkanes) is 1. The van der Waals surface area contributed by atoms with Gasteiger partial charge in [-0.3, -0.25) is 4.79 Å². The van der Waals surface area contributed by atoms with Crippen molar-refractivity contribution in [2.45, 2.75) is 39.2 Å². The number of nitrogens with two attached hydrogens (primary N) is 1. The quantitative estimate of drug-likeness (QED) is 0.709. The Morgan fingerprint density at radius 3 is 2.58 bits per heavy atom. The first-order valence-electron chi connectivity index (χ1n) is 6.92. The summed E-state index contributed by atoms with van der Waals surface area (Å²) in [6.07, 6.45) is 2.97. The van der Waals surface area contributed by atoms with Crippen molar-refractivity contribution in [2.24, 2.45) is 5.73 Å². The highest BCUT2D eigenvalue weighted by Crippen LogP contribution is 2.18. The van der Waals surface area contributed by atoms with Gasteiger partial charge in [-0.25, -0.2) is 0 Å². The van der Waals surface area contributed by atoms with Gasteiger partial charge in [0.05, 0.1) is 0 Å². The highest BCUT2D eigenvalue weighted by atomic mass is 16.5. The Morgan fingerprint density at radius 2 is 2.00 bits per heavy atom. The molecule has 0 aliphatic rings. The number of benzene rings is 1. The average molecular weight is 264 g/mol. The molecule has 1 amide bonds. The van der Waals surface area contributed by atoms with Crippen LogP contribution in [-0.4, -0.2) is 19.1 Å². The number of nitrogens with one attached hydrogen (secondary N) is 1. The molecule has 0 aliphatic carbocycles. The molecule has 0 radical (unpaired) electrons. The summed E-state index contributed by atoms with van der Waals surface area (Å²) >= 11 is 0. The summed E-state index contributed by atoms with van der Waals surface area (Å²) in [5.41, 5.74) is 7.02. The van der Waals surface area contributed by atoms with Gasteiger partial charge in [0.1, 0.15) is 5.75 Å². The van der Waals surface area contributed by atoms with Crippen molar-refractivity contribution < 1.29 is 9.53 Å². The second-order valence-electron chi connectivity index (χ2n) is 4.58. The number of carbonyl (C=O) groups is 1. The Balaban J connectivity index is 2.35. The molecule has 4 nitrogen and oxygen atoms in total. The third-order valence-electron chi connectivity index (χ3n) is 2.97. The minimum Gasteiger partial charge on any atom is -0.484 e. The monoisotopic (exact) mass is 264 g/mol. The van der Waals surface area contributed by atoms with Crippen LogP contribution in [0.1, 0.15) is 44.7 Å². The van der Waals surface area contributed by atoms with Crippen LogP contribution in [0.15, 0.2) is 24.3 Å². The Kier molecular flexibility index (Phi) is 6.97. The van der Waals surface area contributed by atoms with Crippen LogP contribution in [-0.2, 0) is 4.79 Å². The number of carbonyl (C=O) groups excluding carboxylic acids is 1. The molecule has 0 spiro atoms. The van der Waals surface area contributed by atoms with Gasteiger partial charge in [0.2, 0.25) is 0 Å². The largest absolute Gasteiger partial charge is 0.484 e. The van der Waals surface area contributed by atoms with Crippen molar-refractivity contribution in [3.8, 4) is 5.75 Å². The minimum absolute atomic E-state index is 0.0584. The van der Waals surface area contributed by atoms with E-state index in [1.165, 1.54) is 0 Å². The fraction of sp³-hybridized carbons (Fsp3) is 0.533. The van der Waals surface area contributed by atoms with E-state index in [9.17, 15) is 4.79 Å². The van der Waals surface area contributed by atoms with Gasteiger partial charge in [-0.05, 0) is 30.5 Å². The molecule has 3 N–H and O–H groups in total. The second-order valence-corrected chi connectivity index (χ2v) is 4.58. The normalized spacial score (nSPS) is 11.9. The lowest BCUT2D eigenvalue weighted by molar-refractivity contribution is -0.123. The molecule has 4 heteroatoms. The molecule has 1 aromatic carbocycles. The third-order valence-corrected chi connectivity index (χ3v) is 2.97. The zero-order chi connectivity index (χ0) is 14.1. The highest BCUT2D eigenvalue weighted by molar-refractivity contribution is 5.77. The first-order valence-corrected chi connectivity index (χ1v) is 6.92. The summed E-state index contributed by atoms with van der Waals surface area (Å²) in [5, 5.41) is 2.81. The van der Waals surface area contributed by atoms with E-state index in [4.69, 9.17) is 10.5 Å². The molecule has 0 bridgehead atoms. The van der Waals surface area contributed by atoms with Crippen LogP contribution in [0.4, 0.5) is 0 Å². The fourth-order valence-corrected chi connectivity index (χ4v) is 1.65. The molecular formula is C15H24N2O2. The second kappa shape index (κ2) is 8.53. The molecule has 0 aromatic heterocycles. The van der Waals surface area contributed by atoms with Crippen molar-refractivity contribution in [2.75, 3.05) is 13.2 Å². The van der Waals surface area contributed by atoms with E-state index in [-0.39, 0.29) is 18.6 Å². The van der Waals surface area contributed by atoms with Gasteiger partial charge in [0.15, 0.2) is 6.61 Å². The zero-order valence-corrected chi connectivity index (χ0v) is 11.8. The van der Waals surface area contributed by atoms with Crippen molar-refractivity contribution >= 4 is 5.91 Å². The van der Waals surface area contributed by atoms with Crippen molar-refractivity contribution in [3.05, 3.63) is 29.8 Å². The number of hydrogen-bond acceptors (Lipinski definition) is 3. The average Bonchev–Trinajstić information content (AvgIpc) is 2.45. The van der Waals surface area contributed by atoms with Gasteiger partial charge in [-0.15, -0.1) is 0 Å². The van der Waals surface area contributed by atoms with E-state index < -0.39 is 0 Å². The van der Waals surface area contributed by atoms with Gasteiger partial charge < -0.3 is 15.8 Å². The minimum atomic E-state index is -0.0808. The van der Waals surface area contributed by atoms with Gasteiger partial charge in [0, 0.05) is 12.6 Å². The maximum atomic E-state index is 11.5. The molecule has 1 aromatic rings. The summed E-state index contributed by atoms with van der Waals surface area (Å²) in [4.78, 5) is 11.5. The van der Waals surface area contributed by atoms with E-state index in [0.717, 1.165) is 24.8 Å². The maximum Gasteiger partial charge on any atom is 0.257 e. The first kappa shape index (κ1) is 15.5. The van der Waals surface area contributed by atoms with Gasteiger partial charge in [-0.1, -0.05) is 32.4 Å². The predicted octanol–water partition coefficient (Wildman–Crippen LogP) is 2.39. The Hall–Kier alpha value is -1.55. The molecule has 19 heavy (non-hydrogen) atoms. The summed E-state index contributed by atoms with van der Waals surface area (Å²) in [6.45, 7) is 4.91. The van der Waals surface area contributed by atoms with E-state index in [2.05, 4.69) is 19.2 Å². The number of ether oxygens (including phenoxy) is 1. The topological polar surface area (TPSA) is 64.3 Å². The Bertz CT molecular complexity index is 376. The van der Waals surface area contributed by atoms with E-state index in [0.29, 0.717) is 12.3 Å². The van der Waals surface area contributed by atoms with E-state index in [1.807, 2.05) is 24.3 Å². The Labute approximate surface area is 115 Å². The molecule has 0 saturated carbocycles. The standard InChI is InChI=1S/C15H24N2O2/c1-3-5-10-17-15(18)11-19-13-8-6-12(7-9-13)14(16)4-2/h6-9,14H,3-5,10-11,16H2,1-2H3,(H,17,18). The predicted molar refractivity (Wildman–Crippen MR) is 77.1 cm³/mol. The van der Waals surface area contributed by atoms with Crippen molar-refractivity contribution in [3.63, 3.8) is 0 Å². The molecular weight excluding hydrogens is 240 g/mol. The summed E-state index contributed by atoms with van der Waals surface area (Å²) in [6, 6.07) is 7.65. The number of hydrogen-bond donors (Lipinski definition) is 2. The van der Waals surface area contributed by atoms with Crippen LogP contribution in [0.5, 0.6) is 5.75 Å². The summed E-state index contributed by atoms with van der Waals surface area (Å²) in [5.74, 6) is 0.612. The lowest BCUT2D eigenvalue weighted by atomic mass is 10.1. The van der Waals surface area contributed by atoms with Gasteiger partial charge >= 0.3 is 0 Å². The third kappa shape index (κ3) is 5.75. The zero-order valence-electron chi connectivity index (χ0n) is 11.8. The molecule has 0 heterocycles. The van der Waals surface area contributed by atoms with Crippen LogP contribution in [0.25, 0.3) is 0 Å². The molecule has 1 rings (SSSR count). The molecule has 0 fully saturated rings. The van der Waals surface area contributed by atoms with Crippen LogP contribution in [0.2, 0.25) is 0 Å².